The summed E-state index contributed by atoms with van der Waals surface area (Å²) in [6.07, 6.45) is 3.49. The van der Waals surface area contributed by atoms with Crippen LogP contribution in [-0.4, -0.2) is 128 Å². The van der Waals surface area contributed by atoms with E-state index in [1.54, 1.807) is 26.2 Å². The Morgan fingerprint density at radius 2 is 1.69 bits per heavy atom. The zero-order chi connectivity index (χ0) is 38.7. The molecule has 2 saturated heterocycles. The minimum atomic E-state index is -0.729. The number of carbonyl (C=O) groups is 4. The number of nitrogens with zero attached hydrogens (tertiary/aromatic N) is 3. The highest BCUT2D eigenvalue weighted by Crippen LogP contribution is 2.31. The van der Waals surface area contributed by atoms with Gasteiger partial charge in [0.1, 0.15) is 6.04 Å². The number of nitrogens with two attached hydrogens (primary N) is 1. The second-order valence-electron chi connectivity index (χ2n) is 15.7. The summed E-state index contributed by atoms with van der Waals surface area (Å²) in [6.45, 7) is 13.5. The van der Waals surface area contributed by atoms with E-state index in [2.05, 4.69) is 29.4 Å². The minimum Gasteiger partial charge on any atom is -0.379 e. The third-order valence-corrected chi connectivity index (χ3v) is 11.9. The molecule has 2 aliphatic heterocycles. The van der Waals surface area contributed by atoms with Crippen molar-refractivity contribution < 1.29 is 28.7 Å². The Morgan fingerprint density at radius 1 is 1.02 bits per heavy atom. The third kappa shape index (κ3) is 10.3. The first-order valence-corrected chi connectivity index (χ1v) is 19.3. The summed E-state index contributed by atoms with van der Waals surface area (Å²) < 4.78 is 12.0. The van der Waals surface area contributed by atoms with Crippen LogP contribution in [0.15, 0.2) is 30.3 Å². The van der Waals surface area contributed by atoms with E-state index in [0.717, 1.165) is 37.8 Å². The van der Waals surface area contributed by atoms with Crippen molar-refractivity contribution in [1.29, 1.82) is 0 Å². The lowest BCUT2D eigenvalue weighted by atomic mass is 9.89. The number of methoxy groups -OCH3 is 2. The maximum absolute atomic E-state index is 14.2. The van der Waals surface area contributed by atoms with Gasteiger partial charge in [0, 0.05) is 40.4 Å². The molecule has 9 atom stereocenters. The fraction of sp³-hybridized carbons (Fsp3) is 0.750. The molecule has 2 aliphatic rings. The van der Waals surface area contributed by atoms with Gasteiger partial charge in [-0.05, 0) is 70.0 Å². The molecule has 3 rings (SSSR count). The lowest BCUT2D eigenvalue weighted by Gasteiger charge is -2.41. The second kappa shape index (κ2) is 19.9. The zero-order valence-corrected chi connectivity index (χ0v) is 33.5. The molecular formula is C40H68N6O6. The number of likely N-dealkylation sites (N-methyl/N-ethyl adjacent to an activating group) is 2. The fourth-order valence-electron chi connectivity index (χ4n) is 8.15. The highest BCUT2D eigenvalue weighted by Gasteiger charge is 2.45. The predicted octanol–water partition coefficient (Wildman–Crippen LogP) is 3.22. The highest BCUT2D eigenvalue weighted by molar-refractivity contribution is 5.92. The van der Waals surface area contributed by atoms with Crippen LogP contribution >= 0.6 is 0 Å². The normalized spacial score (nSPS) is 23.4. The molecule has 4 amide bonds. The van der Waals surface area contributed by atoms with Crippen molar-refractivity contribution in [1.82, 2.24) is 25.3 Å². The van der Waals surface area contributed by atoms with Gasteiger partial charge in [0.25, 0.3) is 0 Å². The van der Waals surface area contributed by atoms with Crippen LogP contribution in [0, 0.1) is 17.8 Å². The van der Waals surface area contributed by atoms with Crippen LogP contribution in [0.1, 0.15) is 85.6 Å². The van der Waals surface area contributed by atoms with E-state index >= 15 is 0 Å². The van der Waals surface area contributed by atoms with Gasteiger partial charge in [0.05, 0.1) is 42.2 Å². The summed E-state index contributed by atoms with van der Waals surface area (Å²) in [6, 6.07) is 8.25. The number of rotatable bonds is 19. The van der Waals surface area contributed by atoms with Crippen LogP contribution < -0.4 is 16.4 Å². The lowest BCUT2D eigenvalue weighted by molar-refractivity contribution is -0.148. The van der Waals surface area contributed by atoms with Gasteiger partial charge in [0.2, 0.25) is 23.6 Å². The number of benzene rings is 1. The quantitative estimate of drug-likeness (QED) is 0.197. The predicted molar refractivity (Wildman–Crippen MR) is 204 cm³/mol. The first-order valence-electron chi connectivity index (χ1n) is 19.3. The number of likely N-dealkylation sites (tertiary alicyclic amines) is 2. The standard InChI is InChI=1S/C40H68N6O6/c1-11-27(4)35(45(8)38(49)34(26(2)3)43-39(50)40(6)20-16-21-44(40)7)32(51-9)24-33(47)46-22-15-19-31(46)36(52-10)28(5)37(48)42-30(25-41)23-29-17-13-12-14-18-29/h12-14,17-18,26-28,30-32,34-36H,11,15-16,19-25,41H2,1-10H3,(H,42,48)(H,43,50)/t27-,28+,30-,31-,32+,34-,35-,36+,40-/m0/s1. The van der Waals surface area contributed by atoms with Gasteiger partial charge in [-0.1, -0.05) is 71.4 Å². The Hall–Kier alpha value is -3.06. The van der Waals surface area contributed by atoms with Gasteiger partial charge in [-0.2, -0.15) is 0 Å². The van der Waals surface area contributed by atoms with Crippen LogP contribution in [0.3, 0.4) is 0 Å². The van der Waals surface area contributed by atoms with Crippen LogP contribution in [0.4, 0.5) is 0 Å². The lowest BCUT2D eigenvalue weighted by Crippen LogP contribution is -2.61. The Labute approximate surface area is 312 Å². The monoisotopic (exact) mass is 729 g/mol. The molecule has 0 spiro atoms. The molecule has 1 aromatic rings. The summed E-state index contributed by atoms with van der Waals surface area (Å²) in [4.78, 5) is 61.1. The smallest absolute Gasteiger partial charge is 0.245 e. The Balaban J connectivity index is 1.75. The average molecular weight is 729 g/mol. The summed E-state index contributed by atoms with van der Waals surface area (Å²) in [5.74, 6) is -1.28. The molecule has 0 saturated carbocycles. The average Bonchev–Trinajstić information content (AvgIpc) is 3.76. The van der Waals surface area contributed by atoms with E-state index < -0.39 is 35.7 Å². The number of ether oxygens (including phenoxy) is 2. The summed E-state index contributed by atoms with van der Waals surface area (Å²) in [5.41, 5.74) is 6.48. The minimum absolute atomic E-state index is 0.00453. The first kappa shape index (κ1) is 43.3. The second-order valence-corrected chi connectivity index (χ2v) is 15.7. The van der Waals surface area contributed by atoms with Crippen molar-refractivity contribution in [3.8, 4) is 0 Å². The molecule has 4 N–H and O–H groups in total. The number of amides is 4. The number of nitrogens with one attached hydrogen (secondary N) is 2. The van der Waals surface area contributed by atoms with Crippen LogP contribution in [0.25, 0.3) is 0 Å². The number of hydrogen-bond donors (Lipinski definition) is 3. The fourth-order valence-corrected chi connectivity index (χ4v) is 8.15. The molecule has 1 aromatic carbocycles. The first-order chi connectivity index (χ1) is 24.6. The molecule has 0 radical (unpaired) electrons. The van der Waals surface area contributed by atoms with Gasteiger partial charge in [-0.3, -0.25) is 24.1 Å². The Bertz CT molecular complexity index is 1310. The maximum Gasteiger partial charge on any atom is 0.245 e. The van der Waals surface area contributed by atoms with E-state index in [1.807, 2.05) is 70.0 Å². The molecule has 294 valence electrons. The van der Waals surface area contributed by atoms with Crippen LogP contribution in [0.5, 0.6) is 0 Å². The van der Waals surface area contributed by atoms with Crippen molar-refractivity contribution in [3.63, 3.8) is 0 Å². The van der Waals surface area contributed by atoms with Crippen LogP contribution in [0.2, 0.25) is 0 Å². The van der Waals surface area contributed by atoms with Crippen molar-refractivity contribution in [2.75, 3.05) is 47.9 Å². The van der Waals surface area contributed by atoms with Crippen molar-refractivity contribution >= 4 is 23.6 Å². The molecule has 2 fully saturated rings. The van der Waals surface area contributed by atoms with E-state index in [-0.39, 0.29) is 54.0 Å². The van der Waals surface area contributed by atoms with Gasteiger partial charge < -0.3 is 35.6 Å². The van der Waals surface area contributed by atoms with Gasteiger partial charge in [-0.15, -0.1) is 0 Å². The topological polar surface area (TPSA) is 147 Å². The van der Waals surface area contributed by atoms with Crippen molar-refractivity contribution in [3.05, 3.63) is 35.9 Å². The van der Waals surface area contributed by atoms with Gasteiger partial charge in [0.15, 0.2) is 0 Å². The number of hydrogen-bond acceptors (Lipinski definition) is 8. The molecule has 52 heavy (non-hydrogen) atoms. The molecule has 12 heteroatoms. The summed E-state index contributed by atoms with van der Waals surface area (Å²) in [7, 11) is 6.88. The van der Waals surface area contributed by atoms with E-state index in [9.17, 15) is 19.2 Å². The Kier molecular flexibility index (Phi) is 16.5. The molecule has 2 heterocycles. The molecule has 0 unspecified atom stereocenters. The van der Waals surface area contributed by atoms with Crippen molar-refractivity contribution in [2.24, 2.45) is 23.5 Å². The zero-order valence-electron chi connectivity index (χ0n) is 33.5. The highest BCUT2D eigenvalue weighted by atomic mass is 16.5. The van der Waals surface area contributed by atoms with Gasteiger partial charge in [-0.25, -0.2) is 0 Å². The number of carbonyl (C=O) groups excluding carboxylic acids is 4. The van der Waals surface area contributed by atoms with Gasteiger partial charge >= 0.3 is 0 Å². The van der Waals surface area contributed by atoms with Crippen LogP contribution in [-0.2, 0) is 35.1 Å². The maximum atomic E-state index is 14.2. The van der Waals surface area contributed by atoms with E-state index in [4.69, 9.17) is 15.2 Å². The van der Waals surface area contributed by atoms with E-state index in [1.165, 1.54) is 0 Å². The SMILES string of the molecule is CC[C@H](C)[C@@H]([C@@H](CC(=O)N1CCC[C@H]1[C@H](OC)[C@@H](C)C(=O)N[C@H](CN)Cc1ccccc1)OC)N(C)C(=O)[C@@H](NC(=O)[C@]1(C)CCCN1C)C(C)C. The molecular weight excluding hydrogens is 660 g/mol. The largest absolute Gasteiger partial charge is 0.379 e. The van der Waals surface area contributed by atoms with Crippen molar-refractivity contribution in [2.45, 2.75) is 128 Å². The molecule has 0 aliphatic carbocycles. The Morgan fingerprint density at radius 3 is 2.23 bits per heavy atom. The third-order valence-electron chi connectivity index (χ3n) is 11.9. The van der Waals surface area contributed by atoms with E-state index in [0.29, 0.717) is 25.9 Å². The summed E-state index contributed by atoms with van der Waals surface area (Å²) >= 11 is 0. The molecule has 0 aromatic heterocycles. The molecule has 0 bridgehead atoms. The molecule has 12 nitrogen and oxygen atoms in total. The summed E-state index contributed by atoms with van der Waals surface area (Å²) in [5, 5.41) is 6.21.